The van der Waals surface area contributed by atoms with E-state index in [1.807, 2.05) is 19.1 Å². The second kappa shape index (κ2) is 5.99. The SMILES string of the molecule is Cc1ccc(C(C)NCc2ccc(CO)o2)cc1F. The van der Waals surface area contributed by atoms with E-state index in [1.54, 1.807) is 25.1 Å². The fourth-order valence-corrected chi connectivity index (χ4v) is 1.85. The predicted molar refractivity (Wildman–Crippen MR) is 71.0 cm³/mol. The summed E-state index contributed by atoms with van der Waals surface area (Å²) in [5.74, 6) is 1.11. The molecule has 1 unspecified atom stereocenters. The maximum absolute atomic E-state index is 13.5. The van der Waals surface area contributed by atoms with Crippen molar-refractivity contribution in [2.24, 2.45) is 0 Å². The second-order valence-electron chi connectivity index (χ2n) is 4.64. The summed E-state index contributed by atoms with van der Waals surface area (Å²) in [7, 11) is 0. The summed E-state index contributed by atoms with van der Waals surface area (Å²) in [4.78, 5) is 0. The van der Waals surface area contributed by atoms with E-state index in [0.717, 1.165) is 11.3 Å². The summed E-state index contributed by atoms with van der Waals surface area (Å²) >= 11 is 0. The lowest BCUT2D eigenvalue weighted by Gasteiger charge is -2.14. The molecular formula is C15H18FNO2. The van der Waals surface area contributed by atoms with Crippen molar-refractivity contribution in [3.63, 3.8) is 0 Å². The fraction of sp³-hybridized carbons (Fsp3) is 0.333. The van der Waals surface area contributed by atoms with Crippen LogP contribution in [0.4, 0.5) is 4.39 Å². The van der Waals surface area contributed by atoms with Crippen LogP contribution < -0.4 is 5.32 Å². The molecule has 1 atom stereocenters. The van der Waals surface area contributed by atoms with Gasteiger partial charge in [0.05, 0.1) is 6.54 Å². The Morgan fingerprint density at radius 1 is 1.26 bits per heavy atom. The van der Waals surface area contributed by atoms with E-state index >= 15 is 0 Å². The quantitative estimate of drug-likeness (QED) is 0.871. The van der Waals surface area contributed by atoms with Crippen LogP contribution in [0.2, 0.25) is 0 Å². The van der Waals surface area contributed by atoms with Gasteiger partial charge in [0.1, 0.15) is 23.9 Å². The molecule has 3 nitrogen and oxygen atoms in total. The lowest BCUT2D eigenvalue weighted by Crippen LogP contribution is -2.18. The van der Waals surface area contributed by atoms with Crippen molar-refractivity contribution < 1.29 is 13.9 Å². The predicted octanol–water partition coefficient (Wildman–Crippen LogP) is 3.07. The van der Waals surface area contributed by atoms with Gasteiger partial charge >= 0.3 is 0 Å². The topological polar surface area (TPSA) is 45.4 Å². The number of aliphatic hydroxyl groups is 1. The molecule has 0 aliphatic carbocycles. The molecule has 1 heterocycles. The summed E-state index contributed by atoms with van der Waals surface area (Å²) < 4.78 is 18.9. The number of aryl methyl sites for hydroxylation is 1. The van der Waals surface area contributed by atoms with Crippen molar-refractivity contribution >= 4 is 0 Å². The number of hydrogen-bond donors (Lipinski definition) is 2. The highest BCUT2D eigenvalue weighted by Crippen LogP contribution is 2.17. The van der Waals surface area contributed by atoms with Crippen LogP contribution in [0.15, 0.2) is 34.7 Å². The summed E-state index contributed by atoms with van der Waals surface area (Å²) in [5.41, 5.74) is 1.55. The minimum Gasteiger partial charge on any atom is -0.462 e. The molecule has 2 aromatic rings. The van der Waals surface area contributed by atoms with Crippen molar-refractivity contribution in [3.05, 3.63) is 58.8 Å². The van der Waals surface area contributed by atoms with Gasteiger partial charge in [-0.2, -0.15) is 0 Å². The molecule has 1 aromatic heterocycles. The third-order valence-electron chi connectivity index (χ3n) is 3.15. The molecule has 0 radical (unpaired) electrons. The van der Waals surface area contributed by atoms with E-state index < -0.39 is 0 Å². The molecule has 2 rings (SSSR count). The molecule has 4 heteroatoms. The number of benzene rings is 1. The van der Waals surface area contributed by atoms with Crippen molar-refractivity contribution in [1.29, 1.82) is 0 Å². The first-order chi connectivity index (χ1) is 9.10. The Balaban J connectivity index is 1.96. The normalized spacial score (nSPS) is 12.6. The zero-order valence-corrected chi connectivity index (χ0v) is 11.1. The van der Waals surface area contributed by atoms with Crippen LogP contribution in [-0.2, 0) is 13.2 Å². The molecule has 1 aromatic carbocycles. The lowest BCUT2D eigenvalue weighted by atomic mass is 10.1. The van der Waals surface area contributed by atoms with Crippen molar-refractivity contribution in [3.8, 4) is 0 Å². The Bertz CT molecular complexity index is 551. The molecule has 0 amide bonds. The average molecular weight is 263 g/mol. The van der Waals surface area contributed by atoms with E-state index in [0.29, 0.717) is 17.9 Å². The van der Waals surface area contributed by atoms with Crippen molar-refractivity contribution in [2.75, 3.05) is 0 Å². The van der Waals surface area contributed by atoms with Crippen LogP contribution in [0.1, 0.15) is 35.6 Å². The zero-order chi connectivity index (χ0) is 13.8. The van der Waals surface area contributed by atoms with Crippen LogP contribution in [0.5, 0.6) is 0 Å². The maximum Gasteiger partial charge on any atom is 0.129 e. The van der Waals surface area contributed by atoms with E-state index in [9.17, 15) is 4.39 Å². The Kier molecular flexibility index (Phi) is 4.35. The molecule has 2 N–H and O–H groups in total. The Hall–Kier alpha value is -1.65. The van der Waals surface area contributed by atoms with E-state index in [2.05, 4.69) is 5.32 Å². The van der Waals surface area contributed by atoms with Crippen molar-refractivity contribution in [1.82, 2.24) is 5.32 Å². The van der Waals surface area contributed by atoms with Gasteiger partial charge in [-0.1, -0.05) is 12.1 Å². The number of hydrogen-bond acceptors (Lipinski definition) is 3. The first kappa shape index (κ1) is 13.8. The molecule has 0 saturated heterocycles. The Labute approximate surface area is 112 Å². The first-order valence-electron chi connectivity index (χ1n) is 6.28. The van der Waals surface area contributed by atoms with Gasteiger partial charge in [0, 0.05) is 6.04 Å². The number of nitrogens with one attached hydrogen (secondary N) is 1. The number of halogens is 1. The lowest BCUT2D eigenvalue weighted by molar-refractivity contribution is 0.242. The van der Waals surface area contributed by atoms with E-state index in [-0.39, 0.29) is 18.5 Å². The van der Waals surface area contributed by atoms with Gasteiger partial charge in [-0.15, -0.1) is 0 Å². The van der Waals surface area contributed by atoms with Gasteiger partial charge in [0.15, 0.2) is 0 Å². The molecule has 19 heavy (non-hydrogen) atoms. The summed E-state index contributed by atoms with van der Waals surface area (Å²) in [6.07, 6.45) is 0. The molecule has 0 saturated carbocycles. The monoisotopic (exact) mass is 263 g/mol. The van der Waals surface area contributed by atoms with Gasteiger partial charge in [-0.05, 0) is 43.2 Å². The van der Waals surface area contributed by atoms with Crippen LogP contribution >= 0.6 is 0 Å². The maximum atomic E-state index is 13.5. The highest BCUT2D eigenvalue weighted by Gasteiger charge is 2.08. The van der Waals surface area contributed by atoms with E-state index in [4.69, 9.17) is 9.52 Å². The second-order valence-corrected chi connectivity index (χ2v) is 4.64. The summed E-state index contributed by atoms with van der Waals surface area (Å²) in [6, 6.07) is 8.83. The number of rotatable bonds is 5. The van der Waals surface area contributed by atoms with Gasteiger partial charge < -0.3 is 14.8 Å². The van der Waals surface area contributed by atoms with Crippen molar-refractivity contribution in [2.45, 2.75) is 33.0 Å². The van der Waals surface area contributed by atoms with Gasteiger partial charge in [-0.3, -0.25) is 0 Å². The van der Waals surface area contributed by atoms with Crippen LogP contribution in [0.3, 0.4) is 0 Å². The molecular weight excluding hydrogens is 245 g/mol. The van der Waals surface area contributed by atoms with Crippen LogP contribution in [0, 0.1) is 12.7 Å². The standard InChI is InChI=1S/C15H18FNO2/c1-10-3-4-12(7-15(10)16)11(2)17-8-13-5-6-14(9-18)19-13/h3-7,11,17-18H,8-9H2,1-2H3. The minimum atomic E-state index is -0.188. The third-order valence-corrected chi connectivity index (χ3v) is 3.15. The number of furan rings is 1. The third kappa shape index (κ3) is 3.43. The van der Waals surface area contributed by atoms with E-state index in [1.165, 1.54) is 0 Å². The van der Waals surface area contributed by atoms with Gasteiger partial charge in [-0.25, -0.2) is 4.39 Å². The highest BCUT2D eigenvalue weighted by atomic mass is 19.1. The molecule has 0 spiro atoms. The Morgan fingerprint density at radius 2 is 2.00 bits per heavy atom. The summed E-state index contributed by atoms with van der Waals surface area (Å²) in [5, 5.41) is 12.2. The summed E-state index contributed by atoms with van der Waals surface area (Å²) in [6.45, 7) is 4.16. The molecule has 0 bridgehead atoms. The molecule has 102 valence electrons. The average Bonchev–Trinajstić information content (AvgIpc) is 2.87. The van der Waals surface area contributed by atoms with Crippen LogP contribution in [0.25, 0.3) is 0 Å². The fourth-order valence-electron chi connectivity index (χ4n) is 1.85. The number of aliphatic hydroxyl groups excluding tert-OH is 1. The van der Waals surface area contributed by atoms with Gasteiger partial charge in [0.25, 0.3) is 0 Å². The molecule has 0 aliphatic rings. The highest BCUT2D eigenvalue weighted by molar-refractivity contribution is 5.25. The molecule has 0 fully saturated rings. The zero-order valence-electron chi connectivity index (χ0n) is 11.1. The van der Waals surface area contributed by atoms with Crippen LogP contribution in [-0.4, -0.2) is 5.11 Å². The largest absolute Gasteiger partial charge is 0.462 e. The van der Waals surface area contributed by atoms with Gasteiger partial charge in [0.2, 0.25) is 0 Å². The smallest absolute Gasteiger partial charge is 0.129 e. The first-order valence-corrected chi connectivity index (χ1v) is 6.28. The Morgan fingerprint density at radius 3 is 2.63 bits per heavy atom. The molecule has 0 aliphatic heterocycles. The minimum absolute atomic E-state index is 0.0257.